The molecule has 0 spiro atoms. The number of nitrogens with zero attached hydrogens (tertiary/aromatic N) is 3. The van der Waals surface area contributed by atoms with Gasteiger partial charge in [0.25, 0.3) is 0 Å². The molecule has 4 aromatic rings. The number of amides is 1. The Kier molecular flexibility index (Phi) is 6.29. The maximum absolute atomic E-state index is 14.2. The fourth-order valence-corrected chi connectivity index (χ4v) is 5.07. The summed E-state index contributed by atoms with van der Waals surface area (Å²) in [7, 11) is -3.31. The Morgan fingerprint density at radius 1 is 1.06 bits per heavy atom. The second-order valence-electron chi connectivity index (χ2n) is 7.11. The third-order valence-corrected chi connectivity index (χ3v) is 7.75. The largest absolute Gasteiger partial charge is 0.282 e. The summed E-state index contributed by atoms with van der Waals surface area (Å²) < 4.78 is 38.9. The lowest BCUT2D eigenvalue weighted by Gasteiger charge is -2.19. The number of rotatable bonds is 7. The first-order chi connectivity index (χ1) is 15.4. The van der Waals surface area contributed by atoms with E-state index in [0.717, 1.165) is 0 Å². The van der Waals surface area contributed by atoms with Crippen molar-refractivity contribution >= 4 is 42.4 Å². The Labute approximate surface area is 189 Å². The predicted octanol–water partition coefficient (Wildman–Crippen LogP) is 4.40. The van der Waals surface area contributed by atoms with Crippen LogP contribution in [0.4, 0.5) is 9.52 Å². The Bertz CT molecular complexity index is 1350. The number of benzene rings is 2. The first-order valence-corrected chi connectivity index (χ1v) is 12.4. The van der Waals surface area contributed by atoms with Crippen molar-refractivity contribution in [3.8, 4) is 0 Å². The molecule has 0 fully saturated rings. The van der Waals surface area contributed by atoms with Crippen LogP contribution in [0.5, 0.6) is 0 Å². The van der Waals surface area contributed by atoms with Crippen molar-refractivity contribution in [3.63, 3.8) is 0 Å². The summed E-state index contributed by atoms with van der Waals surface area (Å²) in [6.45, 7) is 1.77. The summed E-state index contributed by atoms with van der Waals surface area (Å²) in [4.78, 5) is 23.7. The molecule has 1 amide bonds. The number of thiazole rings is 1. The van der Waals surface area contributed by atoms with E-state index in [1.54, 1.807) is 49.5 Å². The maximum atomic E-state index is 14.2. The number of anilines is 1. The number of hydrogen-bond acceptors (Lipinski definition) is 6. The van der Waals surface area contributed by atoms with Crippen LogP contribution in [0, 0.1) is 5.82 Å². The Morgan fingerprint density at radius 2 is 1.84 bits per heavy atom. The molecule has 0 bridgehead atoms. The number of hydrogen-bond donors (Lipinski definition) is 0. The Morgan fingerprint density at radius 3 is 2.50 bits per heavy atom. The number of carbonyl (C=O) groups excluding carboxylic acids is 1. The van der Waals surface area contributed by atoms with Crippen LogP contribution in [-0.4, -0.2) is 30.0 Å². The molecule has 2 aromatic carbocycles. The van der Waals surface area contributed by atoms with Gasteiger partial charge in [0, 0.05) is 6.20 Å². The highest BCUT2D eigenvalue weighted by molar-refractivity contribution is 7.91. The van der Waals surface area contributed by atoms with Crippen LogP contribution < -0.4 is 4.90 Å². The molecule has 0 atom stereocenters. The molecule has 0 radical (unpaired) electrons. The molecule has 0 saturated carbocycles. The van der Waals surface area contributed by atoms with E-state index in [9.17, 15) is 17.6 Å². The first kappa shape index (κ1) is 22.0. The van der Waals surface area contributed by atoms with Gasteiger partial charge in [0.15, 0.2) is 15.0 Å². The molecule has 0 saturated heterocycles. The summed E-state index contributed by atoms with van der Waals surface area (Å²) in [5.74, 6) is -0.679. The van der Waals surface area contributed by atoms with E-state index in [-0.39, 0.29) is 35.0 Å². The van der Waals surface area contributed by atoms with Crippen molar-refractivity contribution < 1.29 is 17.6 Å². The van der Waals surface area contributed by atoms with Crippen LogP contribution in [0.25, 0.3) is 10.2 Å². The molecule has 2 aromatic heterocycles. The van der Waals surface area contributed by atoms with Crippen LogP contribution in [0.1, 0.15) is 18.2 Å². The summed E-state index contributed by atoms with van der Waals surface area (Å²) in [5.41, 5.74) is 1.56. The van der Waals surface area contributed by atoms with Gasteiger partial charge in [-0.1, -0.05) is 42.5 Å². The first-order valence-electron chi connectivity index (χ1n) is 9.94. The third-order valence-electron chi connectivity index (χ3n) is 4.95. The van der Waals surface area contributed by atoms with Crippen LogP contribution in [0.2, 0.25) is 0 Å². The van der Waals surface area contributed by atoms with E-state index in [1.165, 1.54) is 34.4 Å². The predicted molar refractivity (Wildman–Crippen MR) is 123 cm³/mol. The minimum atomic E-state index is -3.31. The van der Waals surface area contributed by atoms with Gasteiger partial charge in [-0.15, -0.1) is 0 Å². The fraction of sp³-hybridized carbons (Fsp3) is 0.174. The van der Waals surface area contributed by atoms with Gasteiger partial charge in [-0.3, -0.25) is 14.7 Å². The van der Waals surface area contributed by atoms with Gasteiger partial charge in [-0.25, -0.2) is 17.8 Å². The van der Waals surface area contributed by atoms with Gasteiger partial charge in [0.1, 0.15) is 11.3 Å². The number of para-hydroxylation sites is 1. The molecular formula is C23H20FN3O3S2. The van der Waals surface area contributed by atoms with Gasteiger partial charge in [0.2, 0.25) is 5.91 Å². The third kappa shape index (κ3) is 4.68. The molecule has 0 aliphatic rings. The molecule has 32 heavy (non-hydrogen) atoms. The molecule has 164 valence electrons. The average molecular weight is 470 g/mol. The van der Waals surface area contributed by atoms with E-state index >= 15 is 0 Å². The van der Waals surface area contributed by atoms with E-state index in [2.05, 4.69) is 9.97 Å². The highest BCUT2D eigenvalue weighted by Gasteiger charge is 2.22. The van der Waals surface area contributed by atoms with Crippen molar-refractivity contribution in [2.24, 2.45) is 0 Å². The zero-order valence-electron chi connectivity index (χ0n) is 17.2. The number of fused-ring (bicyclic) bond motifs is 1. The topological polar surface area (TPSA) is 80.2 Å². The molecule has 0 N–H and O–H groups in total. The number of halogens is 1. The lowest BCUT2D eigenvalue weighted by molar-refractivity contribution is -0.118. The van der Waals surface area contributed by atoms with E-state index in [0.29, 0.717) is 21.1 Å². The smallest absolute Gasteiger partial charge is 0.233 e. The van der Waals surface area contributed by atoms with E-state index in [1.807, 2.05) is 6.07 Å². The maximum Gasteiger partial charge on any atom is 0.233 e. The number of carbonyl (C=O) groups is 1. The van der Waals surface area contributed by atoms with E-state index in [4.69, 9.17) is 0 Å². The zero-order chi connectivity index (χ0) is 22.7. The number of aromatic nitrogens is 2. The lowest BCUT2D eigenvalue weighted by Crippen LogP contribution is -2.32. The highest BCUT2D eigenvalue weighted by Crippen LogP contribution is 2.31. The Hall–Kier alpha value is -3.17. The van der Waals surface area contributed by atoms with Gasteiger partial charge < -0.3 is 0 Å². The molecule has 0 unspecified atom stereocenters. The van der Waals surface area contributed by atoms with Gasteiger partial charge in [0.05, 0.1) is 34.0 Å². The standard InChI is InChI=1S/C23H20FN3O3S2/c1-2-32(29,30)18-11-9-16(10-12-18)14-21(28)27(15-17-6-3-4-13-25-17)23-26-22-19(24)7-5-8-20(22)31-23/h3-13H,2,14-15H2,1H3. The molecule has 2 heterocycles. The van der Waals surface area contributed by atoms with Crippen molar-refractivity contribution in [2.45, 2.75) is 24.8 Å². The van der Waals surface area contributed by atoms with Crippen LogP contribution in [0.15, 0.2) is 71.8 Å². The van der Waals surface area contributed by atoms with Gasteiger partial charge >= 0.3 is 0 Å². The Balaban J connectivity index is 1.64. The molecule has 6 nitrogen and oxygen atoms in total. The van der Waals surface area contributed by atoms with E-state index < -0.39 is 15.7 Å². The fourth-order valence-electron chi connectivity index (χ4n) is 3.19. The number of pyridine rings is 1. The number of sulfone groups is 1. The lowest BCUT2D eigenvalue weighted by atomic mass is 10.1. The van der Waals surface area contributed by atoms with Crippen molar-refractivity contribution in [3.05, 3.63) is 83.9 Å². The van der Waals surface area contributed by atoms with Gasteiger partial charge in [-0.05, 0) is 42.0 Å². The van der Waals surface area contributed by atoms with Crippen molar-refractivity contribution in [2.75, 3.05) is 10.7 Å². The van der Waals surface area contributed by atoms with Crippen LogP contribution >= 0.6 is 11.3 Å². The van der Waals surface area contributed by atoms with Crippen LogP contribution in [-0.2, 0) is 27.6 Å². The molecular weight excluding hydrogens is 449 g/mol. The van der Waals surface area contributed by atoms with Crippen LogP contribution in [0.3, 0.4) is 0 Å². The van der Waals surface area contributed by atoms with Gasteiger partial charge in [-0.2, -0.15) is 0 Å². The summed E-state index contributed by atoms with van der Waals surface area (Å²) in [6, 6.07) is 16.4. The highest BCUT2D eigenvalue weighted by atomic mass is 32.2. The summed E-state index contributed by atoms with van der Waals surface area (Å²) in [6.07, 6.45) is 1.68. The quantitative estimate of drug-likeness (QED) is 0.401. The zero-order valence-corrected chi connectivity index (χ0v) is 18.9. The average Bonchev–Trinajstić information content (AvgIpc) is 3.24. The second kappa shape index (κ2) is 9.13. The molecule has 9 heteroatoms. The minimum absolute atomic E-state index is 0.0112. The molecule has 4 rings (SSSR count). The normalized spacial score (nSPS) is 11.6. The molecule has 0 aliphatic carbocycles. The minimum Gasteiger partial charge on any atom is -0.282 e. The monoisotopic (exact) mass is 469 g/mol. The van der Waals surface area contributed by atoms with Crippen molar-refractivity contribution in [1.29, 1.82) is 0 Å². The summed E-state index contributed by atoms with van der Waals surface area (Å²) >= 11 is 1.23. The second-order valence-corrected chi connectivity index (χ2v) is 10.4. The SMILES string of the molecule is CCS(=O)(=O)c1ccc(CC(=O)N(Cc2ccccn2)c2nc3c(F)cccc3s2)cc1. The van der Waals surface area contributed by atoms with Crippen molar-refractivity contribution in [1.82, 2.24) is 9.97 Å². The summed E-state index contributed by atoms with van der Waals surface area (Å²) in [5, 5.41) is 0.380. The molecule has 0 aliphatic heterocycles.